The van der Waals surface area contributed by atoms with Crippen molar-refractivity contribution in [1.82, 2.24) is 4.90 Å². The summed E-state index contributed by atoms with van der Waals surface area (Å²) < 4.78 is 0. The van der Waals surface area contributed by atoms with Crippen LogP contribution in [-0.2, 0) is 4.79 Å². The lowest BCUT2D eigenvalue weighted by molar-refractivity contribution is -0.137. The predicted molar refractivity (Wildman–Crippen MR) is 70.6 cm³/mol. The van der Waals surface area contributed by atoms with E-state index in [1.165, 1.54) is 45.3 Å². The first-order valence-corrected chi connectivity index (χ1v) is 6.68. The van der Waals surface area contributed by atoms with Gasteiger partial charge in [0, 0.05) is 13.0 Å². The van der Waals surface area contributed by atoms with Gasteiger partial charge in [-0.3, -0.25) is 4.79 Å². The molecule has 0 radical (unpaired) electrons. The summed E-state index contributed by atoms with van der Waals surface area (Å²) in [5.41, 5.74) is 0. The number of hydrogen-bond donors (Lipinski definition) is 1. The van der Waals surface area contributed by atoms with Gasteiger partial charge >= 0.3 is 5.97 Å². The quantitative estimate of drug-likeness (QED) is 0.799. The molecule has 0 amide bonds. The van der Waals surface area contributed by atoms with E-state index in [1.807, 2.05) is 0 Å². The number of likely N-dealkylation sites (tertiary alicyclic amines) is 1. The number of carboxylic acids is 1. The maximum atomic E-state index is 10.4. The maximum absolute atomic E-state index is 10.4. The molecule has 17 heavy (non-hydrogen) atoms. The zero-order valence-corrected chi connectivity index (χ0v) is 11.3. The molecule has 0 aromatic carbocycles. The molecule has 1 saturated carbocycles. The van der Waals surface area contributed by atoms with Crippen molar-refractivity contribution >= 4 is 18.4 Å². The fourth-order valence-corrected chi connectivity index (χ4v) is 2.67. The summed E-state index contributed by atoms with van der Waals surface area (Å²) in [7, 11) is 0. The molecule has 1 aliphatic heterocycles. The predicted octanol–water partition coefficient (Wildman–Crippen LogP) is 2.79. The molecule has 2 fully saturated rings. The first-order valence-electron chi connectivity index (χ1n) is 6.68. The summed E-state index contributed by atoms with van der Waals surface area (Å²) in [5, 5.41) is 8.58. The average molecular weight is 262 g/mol. The Morgan fingerprint density at radius 2 is 1.76 bits per heavy atom. The molecule has 0 spiro atoms. The molecule has 4 heteroatoms. The summed E-state index contributed by atoms with van der Waals surface area (Å²) in [4.78, 5) is 13.0. The van der Waals surface area contributed by atoms with Gasteiger partial charge in [-0.25, -0.2) is 0 Å². The number of halogens is 1. The van der Waals surface area contributed by atoms with E-state index in [0.29, 0.717) is 6.42 Å². The van der Waals surface area contributed by atoms with E-state index in [0.717, 1.165) is 24.7 Å². The van der Waals surface area contributed by atoms with Gasteiger partial charge in [-0.15, -0.1) is 12.4 Å². The van der Waals surface area contributed by atoms with Gasteiger partial charge in [-0.05, 0) is 63.5 Å². The third kappa shape index (κ3) is 5.73. The largest absolute Gasteiger partial charge is 0.481 e. The van der Waals surface area contributed by atoms with Crippen molar-refractivity contribution in [3.63, 3.8) is 0 Å². The standard InChI is InChI=1S/C13H23NO2.ClH/c15-13(16)3-1-2-11-6-8-14(9-7-11)10-12-4-5-12;/h11-12H,1-10H2,(H,15,16);1H. The third-order valence-electron chi connectivity index (χ3n) is 3.92. The molecule has 3 nitrogen and oxygen atoms in total. The number of nitrogens with zero attached hydrogens (tertiary/aromatic N) is 1. The highest BCUT2D eigenvalue weighted by molar-refractivity contribution is 5.85. The lowest BCUT2D eigenvalue weighted by Gasteiger charge is -2.31. The van der Waals surface area contributed by atoms with E-state index in [4.69, 9.17) is 5.11 Å². The minimum atomic E-state index is -0.647. The van der Waals surface area contributed by atoms with Crippen LogP contribution < -0.4 is 0 Å². The molecular weight excluding hydrogens is 238 g/mol. The lowest BCUT2D eigenvalue weighted by atomic mass is 9.91. The molecule has 1 heterocycles. The molecule has 100 valence electrons. The Bertz CT molecular complexity index is 236. The number of hydrogen-bond acceptors (Lipinski definition) is 2. The van der Waals surface area contributed by atoms with E-state index < -0.39 is 5.97 Å². The Kier molecular flexibility index (Phi) is 6.28. The van der Waals surface area contributed by atoms with Crippen molar-refractivity contribution in [2.24, 2.45) is 11.8 Å². The van der Waals surface area contributed by atoms with Gasteiger partial charge in [0.1, 0.15) is 0 Å². The zero-order chi connectivity index (χ0) is 11.4. The van der Waals surface area contributed by atoms with Crippen molar-refractivity contribution < 1.29 is 9.90 Å². The van der Waals surface area contributed by atoms with E-state index in [2.05, 4.69) is 4.90 Å². The number of carbonyl (C=O) groups is 1. The molecule has 0 aromatic rings. The van der Waals surface area contributed by atoms with Crippen molar-refractivity contribution in [3.8, 4) is 0 Å². The molecule has 0 unspecified atom stereocenters. The lowest BCUT2D eigenvalue weighted by Crippen LogP contribution is -2.35. The Hall–Kier alpha value is -0.280. The maximum Gasteiger partial charge on any atom is 0.303 e. The molecule has 1 N–H and O–H groups in total. The van der Waals surface area contributed by atoms with E-state index >= 15 is 0 Å². The van der Waals surface area contributed by atoms with Gasteiger partial charge in [0.15, 0.2) is 0 Å². The van der Waals surface area contributed by atoms with Gasteiger partial charge in [0.25, 0.3) is 0 Å². The minimum absolute atomic E-state index is 0. The van der Waals surface area contributed by atoms with Gasteiger partial charge in [-0.2, -0.15) is 0 Å². The van der Waals surface area contributed by atoms with Crippen molar-refractivity contribution in [2.75, 3.05) is 19.6 Å². The fourth-order valence-electron chi connectivity index (χ4n) is 2.67. The first-order chi connectivity index (χ1) is 7.74. The average Bonchev–Trinajstić information content (AvgIpc) is 3.04. The number of carboxylic acid groups (broad SMARTS) is 1. The van der Waals surface area contributed by atoms with Crippen LogP contribution in [0.3, 0.4) is 0 Å². The highest BCUT2D eigenvalue weighted by Crippen LogP contribution is 2.31. The molecule has 0 bridgehead atoms. The van der Waals surface area contributed by atoms with Gasteiger partial charge in [0.2, 0.25) is 0 Å². The normalized spacial score (nSPS) is 22.1. The Morgan fingerprint density at radius 1 is 1.12 bits per heavy atom. The highest BCUT2D eigenvalue weighted by Gasteiger charge is 2.26. The smallest absolute Gasteiger partial charge is 0.303 e. The van der Waals surface area contributed by atoms with E-state index in [-0.39, 0.29) is 12.4 Å². The summed E-state index contributed by atoms with van der Waals surface area (Å²) >= 11 is 0. The van der Waals surface area contributed by atoms with Crippen molar-refractivity contribution in [3.05, 3.63) is 0 Å². The zero-order valence-electron chi connectivity index (χ0n) is 10.4. The fraction of sp³-hybridized carbons (Fsp3) is 0.923. The molecular formula is C13H24ClNO2. The van der Waals surface area contributed by atoms with E-state index in [9.17, 15) is 4.79 Å². The Balaban J connectivity index is 0.00000144. The van der Waals surface area contributed by atoms with Gasteiger partial charge in [-0.1, -0.05) is 0 Å². The second kappa shape index (κ2) is 7.22. The first kappa shape index (κ1) is 14.8. The van der Waals surface area contributed by atoms with Crippen LogP contribution >= 0.6 is 12.4 Å². The summed E-state index contributed by atoms with van der Waals surface area (Å²) in [6, 6.07) is 0. The van der Waals surface area contributed by atoms with E-state index in [1.54, 1.807) is 0 Å². The van der Waals surface area contributed by atoms with Crippen LogP contribution in [0.2, 0.25) is 0 Å². The molecule has 0 atom stereocenters. The second-order valence-corrected chi connectivity index (χ2v) is 5.47. The molecule has 2 aliphatic rings. The summed E-state index contributed by atoms with van der Waals surface area (Å²) in [6.45, 7) is 3.81. The third-order valence-corrected chi connectivity index (χ3v) is 3.92. The molecule has 1 aliphatic carbocycles. The molecule has 2 rings (SSSR count). The van der Waals surface area contributed by atoms with Crippen LogP contribution in [0.1, 0.15) is 44.9 Å². The van der Waals surface area contributed by atoms with Crippen molar-refractivity contribution in [2.45, 2.75) is 44.9 Å². The second-order valence-electron chi connectivity index (χ2n) is 5.47. The van der Waals surface area contributed by atoms with Gasteiger partial charge < -0.3 is 10.0 Å². The van der Waals surface area contributed by atoms with Gasteiger partial charge in [0.05, 0.1) is 0 Å². The van der Waals surface area contributed by atoms with Crippen LogP contribution in [-0.4, -0.2) is 35.6 Å². The van der Waals surface area contributed by atoms with Crippen LogP contribution in [0.4, 0.5) is 0 Å². The number of rotatable bonds is 6. The van der Waals surface area contributed by atoms with Crippen LogP contribution in [0.5, 0.6) is 0 Å². The SMILES string of the molecule is Cl.O=C(O)CCCC1CCN(CC2CC2)CC1. The monoisotopic (exact) mass is 261 g/mol. The summed E-state index contributed by atoms with van der Waals surface area (Å²) in [6.07, 6.45) is 7.78. The Labute approximate surface area is 110 Å². The molecule has 1 saturated heterocycles. The number of aliphatic carboxylic acids is 1. The van der Waals surface area contributed by atoms with Crippen LogP contribution in [0, 0.1) is 11.8 Å². The van der Waals surface area contributed by atoms with Crippen molar-refractivity contribution in [1.29, 1.82) is 0 Å². The topological polar surface area (TPSA) is 40.5 Å². The molecule has 0 aromatic heterocycles. The van der Waals surface area contributed by atoms with Crippen LogP contribution in [0.25, 0.3) is 0 Å². The number of piperidine rings is 1. The minimum Gasteiger partial charge on any atom is -0.481 e. The Morgan fingerprint density at radius 3 is 2.29 bits per heavy atom. The highest BCUT2D eigenvalue weighted by atomic mass is 35.5. The van der Waals surface area contributed by atoms with Crippen LogP contribution in [0.15, 0.2) is 0 Å². The summed E-state index contributed by atoms with van der Waals surface area (Å²) in [5.74, 6) is 1.14.